The molecule has 0 aromatic carbocycles. The number of furan rings is 1. The molecule has 0 spiro atoms. The van der Waals surface area contributed by atoms with Crippen LogP contribution in [0.1, 0.15) is 50.5 Å². The maximum Gasteiger partial charge on any atom is 0.197 e. The Kier molecular flexibility index (Phi) is 4.29. The number of halogens is 1. The maximum atomic E-state index is 5.81. The third-order valence-electron chi connectivity index (χ3n) is 3.61. The fourth-order valence-corrected chi connectivity index (χ4v) is 2.89. The van der Waals surface area contributed by atoms with E-state index in [4.69, 9.17) is 9.40 Å². The summed E-state index contributed by atoms with van der Waals surface area (Å²) in [5.41, 5.74) is 1.10. The lowest BCUT2D eigenvalue weighted by molar-refractivity contribution is 0.525. The minimum absolute atomic E-state index is 0.559. The van der Waals surface area contributed by atoms with Gasteiger partial charge in [0.25, 0.3) is 0 Å². The minimum atomic E-state index is 0.559. The quantitative estimate of drug-likeness (QED) is 0.816. The highest BCUT2D eigenvalue weighted by atomic mass is 79.9. The first kappa shape index (κ1) is 14.6. The zero-order valence-corrected chi connectivity index (χ0v) is 14.0. The molecule has 0 amide bonds. The summed E-state index contributed by atoms with van der Waals surface area (Å²) < 4.78 is 6.81. The Bertz CT molecular complexity index is 634. The van der Waals surface area contributed by atoms with Crippen LogP contribution < -0.4 is 5.32 Å². The molecular formula is C16H20BrN3O. The van der Waals surface area contributed by atoms with Crippen LogP contribution in [0, 0.1) is 0 Å². The van der Waals surface area contributed by atoms with Gasteiger partial charge in [0.05, 0.1) is 10.2 Å². The van der Waals surface area contributed by atoms with E-state index in [-0.39, 0.29) is 0 Å². The van der Waals surface area contributed by atoms with Crippen LogP contribution in [0.4, 0.5) is 5.82 Å². The van der Waals surface area contributed by atoms with Gasteiger partial charge in [-0.3, -0.25) is 0 Å². The van der Waals surface area contributed by atoms with Crippen molar-refractivity contribution in [3.8, 4) is 11.6 Å². The van der Waals surface area contributed by atoms with Crippen LogP contribution in [0.5, 0.6) is 0 Å². The zero-order chi connectivity index (χ0) is 14.8. The SMILES string of the molecule is CCCNc1nc(-c2ccc(CC)o2)nc(C2CC2)c1Br. The lowest BCUT2D eigenvalue weighted by Gasteiger charge is -2.11. The number of aryl methyl sites for hydroxylation is 1. The van der Waals surface area contributed by atoms with Crippen LogP contribution >= 0.6 is 15.9 Å². The molecule has 4 nitrogen and oxygen atoms in total. The second-order valence-corrected chi connectivity index (χ2v) is 6.21. The van der Waals surface area contributed by atoms with Crippen LogP contribution in [-0.2, 0) is 6.42 Å². The van der Waals surface area contributed by atoms with Gasteiger partial charge in [0.2, 0.25) is 0 Å². The first-order chi connectivity index (χ1) is 10.2. The van der Waals surface area contributed by atoms with E-state index in [1.165, 1.54) is 12.8 Å². The predicted molar refractivity (Wildman–Crippen MR) is 87.6 cm³/mol. The van der Waals surface area contributed by atoms with Gasteiger partial charge in [-0.1, -0.05) is 13.8 Å². The van der Waals surface area contributed by atoms with E-state index in [1.807, 2.05) is 12.1 Å². The summed E-state index contributed by atoms with van der Waals surface area (Å²) >= 11 is 3.66. The average molecular weight is 350 g/mol. The van der Waals surface area contributed by atoms with Gasteiger partial charge in [-0.05, 0) is 47.3 Å². The van der Waals surface area contributed by atoms with Gasteiger partial charge in [-0.15, -0.1) is 0 Å². The minimum Gasteiger partial charge on any atom is -0.458 e. The number of anilines is 1. The van der Waals surface area contributed by atoms with Crippen molar-refractivity contribution in [1.29, 1.82) is 0 Å². The van der Waals surface area contributed by atoms with Crippen molar-refractivity contribution in [2.24, 2.45) is 0 Å². The van der Waals surface area contributed by atoms with Crippen molar-refractivity contribution in [2.75, 3.05) is 11.9 Å². The predicted octanol–water partition coefficient (Wildman–Crippen LogP) is 4.76. The molecule has 0 saturated heterocycles. The maximum absolute atomic E-state index is 5.81. The second-order valence-electron chi connectivity index (χ2n) is 5.42. The van der Waals surface area contributed by atoms with Crippen LogP contribution in [0.15, 0.2) is 21.0 Å². The van der Waals surface area contributed by atoms with Crippen molar-refractivity contribution < 1.29 is 4.42 Å². The Morgan fingerprint density at radius 2 is 2.10 bits per heavy atom. The molecule has 2 aromatic heterocycles. The number of hydrogen-bond donors (Lipinski definition) is 1. The molecule has 1 saturated carbocycles. The fourth-order valence-electron chi connectivity index (χ4n) is 2.25. The molecule has 3 rings (SSSR count). The molecule has 112 valence electrons. The third kappa shape index (κ3) is 3.12. The molecule has 0 aliphatic heterocycles. The third-order valence-corrected chi connectivity index (χ3v) is 4.40. The summed E-state index contributed by atoms with van der Waals surface area (Å²) in [7, 11) is 0. The highest BCUT2D eigenvalue weighted by Gasteiger charge is 2.30. The van der Waals surface area contributed by atoms with Gasteiger partial charge in [0.15, 0.2) is 11.6 Å². The lowest BCUT2D eigenvalue weighted by Crippen LogP contribution is -2.07. The van der Waals surface area contributed by atoms with E-state index in [1.54, 1.807) is 0 Å². The summed E-state index contributed by atoms with van der Waals surface area (Å²) in [6.45, 7) is 5.12. The van der Waals surface area contributed by atoms with Gasteiger partial charge in [0.1, 0.15) is 11.6 Å². The van der Waals surface area contributed by atoms with Crippen LogP contribution in [0.25, 0.3) is 11.6 Å². The molecule has 0 radical (unpaired) electrons. The molecule has 0 unspecified atom stereocenters. The van der Waals surface area contributed by atoms with E-state index in [0.29, 0.717) is 11.7 Å². The molecule has 1 fully saturated rings. The monoisotopic (exact) mass is 349 g/mol. The number of hydrogen-bond acceptors (Lipinski definition) is 4. The molecule has 2 aromatic rings. The number of nitrogens with one attached hydrogen (secondary N) is 1. The van der Waals surface area contributed by atoms with E-state index < -0.39 is 0 Å². The highest BCUT2D eigenvalue weighted by Crippen LogP contribution is 2.44. The van der Waals surface area contributed by atoms with Crippen molar-refractivity contribution >= 4 is 21.7 Å². The van der Waals surface area contributed by atoms with Gasteiger partial charge in [-0.2, -0.15) is 0 Å². The molecular weight excluding hydrogens is 330 g/mol. The van der Waals surface area contributed by atoms with Gasteiger partial charge >= 0.3 is 0 Å². The first-order valence-corrected chi connectivity index (χ1v) is 8.42. The van der Waals surface area contributed by atoms with Crippen molar-refractivity contribution in [3.63, 3.8) is 0 Å². The molecule has 21 heavy (non-hydrogen) atoms. The van der Waals surface area contributed by atoms with Crippen LogP contribution in [0.2, 0.25) is 0 Å². The summed E-state index contributed by atoms with van der Waals surface area (Å²) in [5.74, 6) is 3.83. The Balaban J connectivity index is 2.00. The lowest BCUT2D eigenvalue weighted by atomic mass is 10.2. The standard InChI is InChI=1S/C16H20BrN3O/c1-3-9-18-16-13(17)14(10-5-6-10)19-15(20-16)12-8-7-11(4-2)21-12/h7-8,10H,3-6,9H2,1-2H3,(H,18,19,20). The average Bonchev–Trinajstić information content (AvgIpc) is 3.23. The molecule has 1 N–H and O–H groups in total. The first-order valence-electron chi connectivity index (χ1n) is 7.63. The summed E-state index contributed by atoms with van der Waals surface area (Å²) in [6.07, 6.45) is 4.36. The molecule has 1 aliphatic carbocycles. The normalized spacial score (nSPS) is 14.4. The van der Waals surface area contributed by atoms with Gasteiger partial charge < -0.3 is 9.73 Å². The number of rotatable bonds is 6. The summed E-state index contributed by atoms with van der Waals surface area (Å²) in [4.78, 5) is 9.36. The summed E-state index contributed by atoms with van der Waals surface area (Å²) in [6, 6.07) is 3.96. The Hall–Kier alpha value is -1.36. The smallest absolute Gasteiger partial charge is 0.197 e. The molecule has 0 atom stereocenters. The Morgan fingerprint density at radius 1 is 1.29 bits per heavy atom. The second kappa shape index (κ2) is 6.18. The van der Waals surface area contributed by atoms with Crippen molar-refractivity contribution in [3.05, 3.63) is 28.1 Å². The Labute approximate surface area is 133 Å². The molecule has 5 heteroatoms. The number of aromatic nitrogens is 2. The van der Waals surface area contributed by atoms with Crippen molar-refractivity contribution in [2.45, 2.75) is 45.4 Å². The molecule has 2 heterocycles. The van der Waals surface area contributed by atoms with Gasteiger partial charge in [-0.25, -0.2) is 9.97 Å². The van der Waals surface area contributed by atoms with E-state index in [0.717, 1.165) is 46.9 Å². The van der Waals surface area contributed by atoms with Crippen LogP contribution in [0.3, 0.4) is 0 Å². The number of nitrogens with zero attached hydrogens (tertiary/aromatic N) is 2. The largest absolute Gasteiger partial charge is 0.458 e. The molecule has 0 bridgehead atoms. The Morgan fingerprint density at radius 3 is 2.71 bits per heavy atom. The fraction of sp³-hybridized carbons (Fsp3) is 0.500. The molecule has 1 aliphatic rings. The zero-order valence-electron chi connectivity index (χ0n) is 12.4. The summed E-state index contributed by atoms with van der Waals surface area (Å²) in [5, 5.41) is 3.38. The van der Waals surface area contributed by atoms with Crippen molar-refractivity contribution in [1.82, 2.24) is 9.97 Å². The van der Waals surface area contributed by atoms with Crippen LogP contribution in [-0.4, -0.2) is 16.5 Å². The van der Waals surface area contributed by atoms with Gasteiger partial charge in [0, 0.05) is 18.9 Å². The van der Waals surface area contributed by atoms with E-state index in [9.17, 15) is 0 Å². The van der Waals surface area contributed by atoms with E-state index in [2.05, 4.69) is 40.1 Å². The van der Waals surface area contributed by atoms with E-state index >= 15 is 0 Å². The highest BCUT2D eigenvalue weighted by molar-refractivity contribution is 9.10. The topological polar surface area (TPSA) is 51.0 Å².